The number of benzene rings is 1. The molecule has 1 fully saturated rings. The van der Waals surface area contributed by atoms with E-state index in [1.807, 2.05) is 13.1 Å². The summed E-state index contributed by atoms with van der Waals surface area (Å²) in [7, 11) is 1.99. The lowest BCUT2D eigenvalue weighted by molar-refractivity contribution is -0.0883. The highest BCUT2D eigenvalue weighted by molar-refractivity contribution is 5.28. The zero-order valence-corrected chi connectivity index (χ0v) is 13.5. The molecular formula is C18H28FNO. The molecule has 1 aromatic rings. The van der Waals surface area contributed by atoms with Crippen LogP contribution in [0.1, 0.15) is 50.2 Å². The summed E-state index contributed by atoms with van der Waals surface area (Å²) in [6.45, 7) is 4.85. The highest BCUT2D eigenvalue weighted by atomic mass is 19.1. The minimum Gasteiger partial charge on any atom is -0.374 e. The van der Waals surface area contributed by atoms with E-state index < -0.39 is 0 Å². The van der Waals surface area contributed by atoms with Crippen LogP contribution in [0.5, 0.6) is 0 Å². The van der Waals surface area contributed by atoms with Gasteiger partial charge in [-0.15, -0.1) is 0 Å². The van der Waals surface area contributed by atoms with Gasteiger partial charge in [0.2, 0.25) is 0 Å². The predicted octanol–water partition coefficient (Wildman–Crippen LogP) is 4.00. The first-order valence-electron chi connectivity index (χ1n) is 8.17. The molecule has 1 unspecified atom stereocenters. The number of nitrogens with one attached hydrogen (secondary N) is 1. The maximum absolute atomic E-state index is 13.5. The van der Waals surface area contributed by atoms with Crippen LogP contribution in [0.2, 0.25) is 0 Å². The van der Waals surface area contributed by atoms with Crippen molar-refractivity contribution in [1.29, 1.82) is 0 Å². The van der Waals surface area contributed by atoms with Crippen molar-refractivity contribution in [3.8, 4) is 0 Å². The molecule has 0 aliphatic heterocycles. The Hall–Kier alpha value is -0.930. The topological polar surface area (TPSA) is 21.3 Å². The second-order valence-electron chi connectivity index (χ2n) is 6.17. The van der Waals surface area contributed by atoms with E-state index >= 15 is 0 Å². The predicted molar refractivity (Wildman–Crippen MR) is 85.1 cm³/mol. The molecule has 0 bridgehead atoms. The molecule has 1 saturated carbocycles. The zero-order chi connectivity index (χ0) is 15.3. The third-order valence-corrected chi connectivity index (χ3v) is 4.85. The summed E-state index contributed by atoms with van der Waals surface area (Å²) in [5.74, 6) is -0.153. The van der Waals surface area contributed by atoms with Crippen LogP contribution >= 0.6 is 0 Å². The third kappa shape index (κ3) is 3.83. The van der Waals surface area contributed by atoms with Gasteiger partial charge in [0, 0.05) is 12.6 Å². The third-order valence-electron chi connectivity index (χ3n) is 4.85. The van der Waals surface area contributed by atoms with E-state index in [-0.39, 0.29) is 17.5 Å². The molecule has 21 heavy (non-hydrogen) atoms. The maximum atomic E-state index is 13.5. The molecule has 2 nitrogen and oxygen atoms in total. The number of halogens is 1. The molecular weight excluding hydrogens is 265 g/mol. The highest BCUT2D eigenvalue weighted by Crippen LogP contribution is 2.36. The lowest BCUT2D eigenvalue weighted by Crippen LogP contribution is -2.54. The van der Waals surface area contributed by atoms with Gasteiger partial charge in [0.05, 0.1) is 5.60 Å². The van der Waals surface area contributed by atoms with E-state index in [9.17, 15) is 4.39 Å². The Balaban J connectivity index is 2.22. The summed E-state index contributed by atoms with van der Waals surface area (Å²) in [5, 5.41) is 3.45. The smallest absolute Gasteiger partial charge is 0.123 e. The SMILES string of the molecule is CCOC1(C(Cc2cc(F)ccc2C)NC)CCCCC1. The second-order valence-corrected chi connectivity index (χ2v) is 6.17. The van der Waals surface area contributed by atoms with Gasteiger partial charge in [0.15, 0.2) is 0 Å². The Morgan fingerprint density at radius 3 is 2.62 bits per heavy atom. The Morgan fingerprint density at radius 2 is 2.00 bits per heavy atom. The minimum atomic E-state index is -0.153. The first-order chi connectivity index (χ1) is 10.1. The lowest BCUT2D eigenvalue weighted by atomic mass is 9.76. The van der Waals surface area contributed by atoms with Crippen molar-refractivity contribution in [2.45, 2.75) is 64.0 Å². The summed E-state index contributed by atoms with van der Waals surface area (Å²) in [6, 6.07) is 5.30. The lowest BCUT2D eigenvalue weighted by Gasteiger charge is -2.43. The number of aryl methyl sites for hydroxylation is 1. The van der Waals surface area contributed by atoms with Gasteiger partial charge in [-0.05, 0) is 63.4 Å². The fourth-order valence-electron chi connectivity index (χ4n) is 3.66. The number of likely N-dealkylation sites (N-methyl/N-ethyl adjacent to an activating group) is 1. The van der Waals surface area contributed by atoms with Gasteiger partial charge < -0.3 is 10.1 Å². The highest BCUT2D eigenvalue weighted by Gasteiger charge is 2.40. The molecule has 0 saturated heterocycles. The molecule has 1 aliphatic rings. The van der Waals surface area contributed by atoms with Crippen LogP contribution < -0.4 is 5.32 Å². The quantitative estimate of drug-likeness (QED) is 0.856. The maximum Gasteiger partial charge on any atom is 0.123 e. The fraction of sp³-hybridized carbons (Fsp3) is 0.667. The van der Waals surface area contributed by atoms with Gasteiger partial charge in [0.25, 0.3) is 0 Å². The van der Waals surface area contributed by atoms with Crippen LogP contribution in [0.15, 0.2) is 18.2 Å². The first-order valence-corrected chi connectivity index (χ1v) is 8.17. The molecule has 0 heterocycles. The Kier molecular flexibility index (Phi) is 5.77. The molecule has 118 valence electrons. The van der Waals surface area contributed by atoms with E-state index in [4.69, 9.17) is 4.74 Å². The second kappa shape index (κ2) is 7.37. The average Bonchev–Trinajstić information content (AvgIpc) is 2.49. The molecule has 1 aromatic carbocycles. The van der Waals surface area contributed by atoms with E-state index in [1.165, 1.54) is 25.3 Å². The van der Waals surface area contributed by atoms with Gasteiger partial charge >= 0.3 is 0 Å². The first kappa shape index (κ1) is 16.4. The van der Waals surface area contributed by atoms with Crippen molar-refractivity contribution in [3.05, 3.63) is 35.1 Å². The normalized spacial score (nSPS) is 19.4. The van der Waals surface area contributed by atoms with Gasteiger partial charge in [0.1, 0.15) is 5.82 Å². The fourth-order valence-corrected chi connectivity index (χ4v) is 3.66. The largest absolute Gasteiger partial charge is 0.374 e. The van der Waals surface area contributed by atoms with E-state index in [0.717, 1.165) is 37.0 Å². The summed E-state index contributed by atoms with van der Waals surface area (Å²) in [4.78, 5) is 0. The molecule has 0 aromatic heterocycles. The summed E-state index contributed by atoms with van der Waals surface area (Å²) >= 11 is 0. The van der Waals surface area contributed by atoms with E-state index in [2.05, 4.69) is 19.2 Å². The Bertz CT molecular complexity index is 449. The molecule has 0 radical (unpaired) electrons. The number of ether oxygens (including phenoxy) is 1. The average molecular weight is 293 g/mol. The van der Waals surface area contributed by atoms with Crippen LogP contribution in [-0.2, 0) is 11.2 Å². The van der Waals surface area contributed by atoms with Crippen LogP contribution in [0.25, 0.3) is 0 Å². The number of rotatable bonds is 6. The Morgan fingerprint density at radius 1 is 1.29 bits per heavy atom. The van der Waals surface area contributed by atoms with Crippen molar-refractivity contribution >= 4 is 0 Å². The monoisotopic (exact) mass is 293 g/mol. The van der Waals surface area contributed by atoms with Crippen molar-refractivity contribution in [3.63, 3.8) is 0 Å². The molecule has 0 spiro atoms. The van der Waals surface area contributed by atoms with Crippen LogP contribution in [0.4, 0.5) is 4.39 Å². The standard InChI is InChI=1S/C18H28FNO/c1-4-21-18(10-6-5-7-11-18)17(20-3)13-15-12-16(19)9-8-14(15)2/h8-9,12,17,20H,4-7,10-11,13H2,1-3H3. The van der Waals surface area contributed by atoms with Crippen LogP contribution in [-0.4, -0.2) is 25.3 Å². The van der Waals surface area contributed by atoms with Crippen molar-refractivity contribution in [1.82, 2.24) is 5.32 Å². The van der Waals surface area contributed by atoms with Gasteiger partial charge in [-0.3, -0.25) is 0 Å². The molecule has 1 N–H and O–H groups in total. The van der Waals surface area contributed by atoms with Crippen molar-refractivity contribution in [2.24, 2.45) is 0 Å². The van der Waals surface area contributed by atoms with Gasteiger partial charge in [-0.25, -0.2) is 4.39 Å². The summed E-state index contributed by atoms with van der Waals surface area (Å²) in [6.07, 6.45) is 6.76. The Labute approximate surface area is 128 Å². The minimum absolute atomic E-state index is 0.0967. The molecule has 0 amide bonds. The molecule has 2 rings (SSSR count). The van der Waals surface area contributed by atoms with Gasteiger partial charge in [-0.1, -0.05) is 25.3 Å². The van der Waals surface area contributed by atoms with E-state index in [1.54, 1.807) is 6.07 Å². The van der Waals surface area contributed by atoms with Crippen molar-refractivity contribution < 1.29 is 9.13 Å². The molecule has 1 atom stereocenters. The molecule has 3 heteroatoms. The molecule has 1 aliphatic carbocycles. The summed E-state index contributed by atoms with van der Waals surface area (Å²) in [5.41, 5.74) is 2.14. The van der Waals surface area contributed by atoms with Crippen LogP contribution in [0, 0.1) is 12.7 Å². The van der Waals surface area contributed by atoms with Gasteiger partial charge in [-0.2, -0.15) is 0 Å². The van der Waals surface area contributed by atoms with Crippen molar-refractivity contribution in [2.75, 3.05) is 13.7 Å². The van der Waals surface area contributed by atoms with Crippen LogP contribution in [0.3, 0.4) is 0 Å². The summed E-state index contributed by atoms with van der Waals surface area (Å²) < 4.78 is 19.7. The van der Waals surface area contributed by atoms with E-state index in [0.29, 0.717) is 0 Å². The number of hydrogen-bond donors (Lipinski definition) is 1. The zero-order valence-electron chi connectivity index (χ0n) is 13.5. The number of hydrogen-bond acceptors (Lipinski definition) is 2.